The van der Waals surface area contributed by atoms with Gasteiger partial charge in [0.15, 0.2) is 0 Å². The minimum absolute atomic E-state index is 0.175. The molecule has 0 aromatic heterocycles. The van der Waals surface area contributed by atoms with Gasteiger partial charge in [-0.05, 0) is 85.7 Å². The molecule has 2 nitrogen and oxygen atoms in total. The second kappa shape index (κ2) is 6.28. The van der Waals surface area contributed by atoms with E-state index in [-0.39, 0.29) is 5.75 Å². The van der Waals surface area contributed by atoms with Gasteiger partial charge in [0, 0.05) is 6.07 Å². The van der Waals surface area contributed by atoms with E-state index >= 15 is 0 Å². The summed E-state index contributed by atoms with van der Waals surface area (Å²) in [7, 11) is 0. The number of phenols is 2. The van der Waals surface area contributed by atoms with Crippen molar-refractivity contribution in [3.63, 3.8) is 0 Å². The molecule has 0 aliphatic heterocycles. The number of benzene rings is 1. The van der Waals surface area contributed by atoms with Gasteiger partial charge < -0.3 is 10.2 Å². The van der Waals surface area contributed by atoms with Crippen LogP contribution in [0.15, 0.2) is 18.2 Å². The second-order valence-electron chi connectivity index (χ2n) is 9.07. The lowest BCUT2D eigenvalue weighted by atomic mass is 9.45. The van der Waals surface area contributed by atoms with Crippen LogP contribution in [0.5, 0.6) is 11.5 Å². The van der Waals surface area contributed by atoms with Crippen molar-refractivity contribution in [2.45, 2.75) is 77.0 Å². The Morgan fingerprint density at radius 1 is 1.00 bits per heavy atom. The van der Waals surface area contributed by atoms with Crippen LogP contribution in [-0.2, 0) is 0 Å². The van der Waals surface area contributed by atoms with Gasteiger partial charge in [0.05, 0.1) is 0 Å². The Kier molecular flexibility index (Phi) is 4.26. The Morgan fingerprint density at radius 3 is 2.17 bits per heavy atom. The molecular weight excluding hydrogens is 296 g/mol. The van der Waals surface area contributed by atoms with Crippen LogP contribution in [0.2, 0.25) is 0 Å². The van der Waals surface area contributed by atoms with Crippen LogP contribution in [0.3, 0.4) is 0 Å². The smallest absolute Gasteiger partial charge is 0.122 e. The van der Waals surface area contributed by atoms with Crippen LogP contribution < -0.4 is 0 Å². The third kappa shape index (κ3) is 2.82. The van der Waals surface area contributed by atoms with E-state index in [1.165, 1.54) is 64.2 Å². The molecule has 5 rings (SSSR count). The molecule has 2 heteroatoms. The van der Waals surface area contributed by atoms with Gasteiger partial charge in [-0.15, -0.1) is 0 Å². The van der Waals surface area contributed by atoms with Gasteiger partial charge >= 0.3 is 0 Å². The van der Waals surface area contributed by atoms with Gasteiger partial charge in [0.1, 0.15) is 11.5 Å². The first-order valence-corrected chi connectivity index (χ1v) is 10.1. The Labute approximate surface area is 146 Å². The predicted molar refractivity (Wildman–Crippen MR) is 97.3 cm³/mol. The van der Waals surface area contributed by atoms with Crippen LogP contribution in [0.1, 0.15) is 82.6 Å². The molecule has 24 heavy (non-hydrogen) atoms. The Morgan fingerprint density at radius 2 is 1.62 bits per heavy atom. The van der Waals surface area contributed by atoms with Gasteiger partial charge in [-0.1, -0.05) is 32.3 Å². The molecular formula is C22H32O2. The summed E-state index contributed by atoms with van der Waals surface area (Å²) in [6.07, 6.45) is 13.5. The second-order valence-corrected chi connectivity index (χ2v) is 9.07. The Balaban J connectivity index is 1.67. The lowest BCUT2D eigenvalue weighted by molar-refractivity contribution is -0.0707. The third-order valence-electron chi connectivity index (χ3n) is 7.31. The summed E-state index contributed by atoms with van der Waals surface area (Å²) >= 11 is 0. The number of aromatic hydroxyl groups is 2. The summed E-state index contributed by atoms with van der Waals surface area (Å²) in [4.78, 5) is 0. The zero-order valence-electron chi connectivity index (χ0n) is 15.0. The molecule has 2 N–H and O–H groups in total. The lowest BCUT2D eigenvalue weighted by Gasteiger charge is -2.60. The van der Waals surface area contributed by atoms with Crippen molar-refractivity contribution in [3.8, 4) is 11.5 Å². The summed E-state index contributed by atoms with van der Waals surface area (Å²) in [6, 6.07) is 5.31. The van der Waals surface area contributed by atoms with E-state index in [9.17, 15) is 10.2 Å². The summed E-state index contributed by atoms with van der Waals surface area (Å²) < 4.78 is 0. The highest BCUT2D eigenvalue weighted by Crippen LogP contribution is 2.66. The SMILES string of the molecule is CCCCCC(c1ccc(O)cc1O)C12CC3CC(CC(C3)C1)C2. The molecule has 4 aliphatic rings. The molecule has 0 saturated heterocycles. The fourth-order valence-corrected chi connectivity index (χ4v) is 6.82. The fourth-order valence-electron chi connectivity index (χ4n) is 6.82. The number of hydrogen-bond acceptors (Lipinski definition) is 2. The summed E-state index contributed by atoms with van der Waals surface area (Å²) in [5.74, 6) is 3.76. The maximum Gasteiger partial charge on any atom is 0.122 e. The topological polar surface area (TPSA) is 40.5 Å². The molecule has 1 unspecified atom stereocenters. The minimum atomic E-state index is 0.175. The third-order valence-corrected chi connectivity index (χ3v) is 7.31. The Hall–Kier alpha value is -1.18. The summed E-state index contributed by atoms with van der Waals surface area (Å²) in [5, 5.41) is 20.3. The predicted octanol–water partition coefficient (Wildman–Crippen LogP) is 5.98. The number of phenolic OH excluding ortho intramolecular Hbond substituents is 2. The highest BCUT2D eigenvalue weighted by atomic mass is 16.3. The molecule has 0 spiro atoms. The normalized spacial score (nSPS) is 35.3. The van der Waals surface area contributed by atoms with Crippen LogP contribution in [-0.4, -0.2) is 10.2 Å². The van der Waals surface area contributed by atoms with Gasteiger partial charge in [0.25, 0.3) is 0 Å². The zero-order chi connectivity index (χ0) is 16.7. The molecule has 0 radical (unpaired) electrons. The molecule has 1 aromatic carbocycles. The van der Waals surface area contributed by atoms with E-state index in [4.69, 9.17) is 0 Å². The fraction of sp³-hybridized carbons (Fsp3) is 0.727. The van der Waals surface area contributed by atoms with E-state index in [2.05, 4.69) is 6.92 Å². The number of rotatable bonds is 6. The zero-order valence-corrected chi connectivity index (χ0v) is 15.0. The van der Waals surface area contributed by atoms with E-state index in [1.54, 1.807) is 12.1 Å². The van der Waals surface area contributed by atoms with Crippen LogP contribution >= 0.6 is 0 Å². The van der Waals surface area contributed by atoms with Crippen molar-refractivity contribution in [1.29, 1.82) is 0 Å². The number of unbranched alkanes of at least 4 members (excludes halogenated alkanes) is 2. The first-order valence-electron chi connectivity index (χ1n) is 10.1. The molecule has 132 valence electrons. The lowest BCUT2D eigenvalue weighted by Crippen LogP contribution is -2.48. The van der Waals surface area contributed by atoms with Crippen molar-refractivity contribution in [1.82, 2.24) is 0 Å². The molecule has 1 atom stereocenters. The van der Waals surface area contributed by atoms with Crippen molar-refractivity contribution < 1.29 is 10.2 Å². The minimum Gasteiger partial charge on any atom is -0.508 e. The molecule has 4 saturated carbocycles. The summed E-state index contributed by atoms with van der Waals surface area (Å²) in [5.41, 5.74) is 1.52. The van der Waals surface area contributed by atoms with E-state index in [0.717, 1.165) is 23.3 Å². The van der Waals surface area contributed by atoms with Crippen LogP contribution in [0, 0.1) is 23.2 Å². The van der Waals surface area contributed by atoms with Crippen molar-refractivity contribution in [3.05, 3.63) is 23.8 Å². The molecule has 4 aliphatic carbocycles. The average Bonchev–Trinajstić information content (AvgIpc) is 2.51. The quantitative estimate of drug-likeness (QED) is 0.631. The molecule has 4 fully saturated rings. The van der Waals surface area contributed by atoms with Gasteiger partial charge in [-0.3, -0.25) is 0 Å². The molecule has 0 amide bonds. The van der Waals surface area contributed by atoms with Crippen LogP contribution in [0.4, 0.5) is 0 Å². The van der Waals surface area contributed by atoms with E-state index in [1.807, 2.05) is 6.07 Å². The van der Waals surface area contributed by atoms with Crippen molar-refractivity contribution in [2.75, 3.05) is 0 Å². The number of hydrogen-bond donors (Lipinski definition) is 2. The average molecular weight is 328 g/mol. The first-order chi connectivity index (χ1) is 11.6. The highest BCUT2D eigenvalue weighted by molar-refractivity contribution is 5.42. The molecule has 0 heterocycles. The highest BCUT2D eigenvalue weighted by Gasteiger charge is 2.54. The van der Waals surface area contributed by atoms with Gasteiger partial charge in [0.2, 0.25) is 0 Å². The van der Waals surface area contributed by atoms with Gasteiger partial charge in [-0.2, -0.15) is 0 Å². The van der Waals surface area contributed by atoms with Crippen LogP contribution in [0.25, 0.3) is 0 Å². The summed E-state index contributed by atoms with van der Waals surface area (Å²) in [6.45, 7) is 2.26. The first kappa shape index (κ1) is 16.3. The van der Waals surface area contributed by atoms with E-state index < -0.39 is 0 Å². The van der Waals surface area contributed by atoms with Gasteiger partial charge in [-0.25, -0.2) is 0 Å². The van der Waals surface area contributed by atoms with Crippen molar-refractivity contribution in [2.24, 2.45) is 23.2 Å². The maximum atomic E-state index is 10.6. The standard InChI is InChI=1S/C22H32O2/c1-2-3-4-5-20(19-7-6-18(23)11-21(19)24)22-12-15-8-16(13-22)10-17(9-15)14-22/h6-7,11,15-17,20,23-24H,2-5,8-10,12-14H2,1H3. The molecule has 4 bridgehead atoms. The monoisotopic (exact) mass is 328 g/mol. The molecule has 1 aromatic rings. The largest absolute Gasteiger partial charge is 0.508 e. The van der Waals surface area contributed by atoms with Crippen molar-refractivity contribution >= 4 is 0 Å². The van der Waals surface area contributed by atoms with E-state index in [0.29, 0.717) is 17.1 Å². The Bertz CT molecular complexity index is 556. The maximum absolute atomic E-state index is 10.6.